The summed E-state index contributed by atoms with van der Waals surface area (Å²) >= 11 is 1.56. The molecule has 9 heteroatoms. The molecule has 1 saturated heterocycles. The lowest BCUT2D eigenvalue weighted by molar-refractivity contribution is 0.0506. The summed E-state index contributed by atoms with van der Waals surface area (Å²) in [5, 5.41) is 7.17. The number of carbonyl (C=O) groups is 1. The van der Waals surface area contributed by atoms with Crippen molar-refractivity contribution in [2.75, 3.05) is 33.4 Å². The first-order chi connectivity index (χ1) is 13.2. The molecule has 1 aromatic carbocycles. The molecule has 2 N–H and O–H groups in total. The quantitative estimate of drug-likeness (QED) is 0.581. The minimum atomic E-state index is -0.198. The van der Waals surface area contributed by atoms with Crippen LogP contribution < -0.4 is 10.6 Å². The van der Waals surface area contributed by atoms with Crippen molar-refractivity contribution in [2.24, 2.45) is 5.41 Å². The van der Waals surface area contributed by atoms with Gasteiger partial charge in [0.1, 0.15) is 0 Å². The largest absolute Gasteiger partial charge is 0.448 e. The molecular formula is C20H25Cl2N3O3S. The van der Waals surface area contributed by atoms with Crippen LogP contribution in [0.15, 0.2) is 40.8 Å². The number of amides is 1. The molecule has 6 nitrogen and oxygen atoms in total. The van der Waals surface area contributed by atoms with Crippen LogP contribution in [-0.4, -0.2) is 44.2 Å². The minimum absolute atomic E-state index is 0. The van der Waals surface area contributed by atoms with Gasteiger partial charge in [0.2, 0.25) is 0 Å². The number of carbonyl (C=O) groups excluding carboxylic acids is 1. The van der Waals surface area contributed by atoms with E-state index in [1.807, 2.05) is 30.3 Å². The lowest BCUT2D eigenvalue weighted by atomic mass is 9.79. The van der Waals surface area contributed by atoms with Gasteiger partial charge in [0, 0.05) is 19.1 Å². The van der Waals surface area contributed by atoms with Crippen LogP contribution in [0.1, 0.15) is 23.4 Å². The number of nitrogens with one attached hydrogen (secondary N) is 2. The summed E-state index contributed by atoms with van der Waals surface area (Å²) in [5.74, 6) is 0.733. The lowest BCUT2D eigenvalue weighted by Crippen LogP contribution is -2.47. The summed E-state index contributed by atoms with van der Waals surface area (Å²) in [4.78, 5) is 17.2. The molecule has 0 spiro atoms. The third-order valence-corrected chi connectivity index (χ3v) is 6.12. The van der Waals surface area contributed by atoms with Crippen LogP contribution in [0.3, 0.4) is 0 Å². The molecule has 3 heterocycles. The number of thiazole rings is 1. The SMILES string of the molecule is COCC1(CNC(=O)c2ccc(-c3nc4ccccc4s3)o2)CCNCC1.Cl.Cl. The van der Waals surface area contributed by atoms with Crippen LogP contribution in [-0.2, 0) is 4.74 Å². The van der Waals surface area contributed by atoms with Gasteiger partial charge in [-0.05, 0) is 50.2 Å². The van der Waals surface area contributed by atoms with Crippen molar-refractivity contribution in [3.8, 4) is 10.8 Å². The van der Waals surface area contributed by atoms with E-state index in [-0.39, 0.29) is 36.1 Å². The Bertz CT molecular complexity index is 899. The molecule has 3 aromatic rings. The molecule has 0 saturated carbocycles. The second kappa shape index (κ2) is 10.4. The van der Waals surface area contributed by atoms with Crippen molar-refractivity contribution in [3.63, 3.8) is 0 Å². The predicted molar refractivity (Wildman–Crippen MR) is 121 cm³/mol. The Kier molecular flexibility index (Phi) is 8.48. The predicted octanol–water partition coefficient (Wildman–Crippen LogP) is 4.15. The van der Waals surface area contributed by atoms with Crippen molar-refractivity contribution >= 4 is 52.3 Å². The van der Waals surface area contributed by atoms with E-state index >= 15 is 0 Å². The Morgan fingerprint density at radius 2 is 2.00 bits per heavy atom. The maximum absolute atomic E-state index is 12.6. The molecular weight excluding hydrogens is 433 g/mol. The summed E-state index contributed by atoms with van der Waals surface area (Å²) in [6, 6.07) is 11.5. The number of aromatic nitrogens is 1. The zero-order valence-electron chi connectivity index (χ0n) is 16.1. The minimum Gasteiger partial charge on any atom is -0.448 e. The first-order valence-electron chi connectivity index (χ1n) is 9.13. The number of benzene rings is 1. The number of fused-ring (bicyclic) bond motifs is 1. The molecule has 1 aliphatic rings. The van der Waals surface area contributed by atoms with Crippen LogP contribution in [0.4, 0.5) is 0 Å². The first kappa shape index (κ1) is 23.6. The van der Waals surface area contributed by atoms with Crippen molar-refractivity contribution in [3.05, 3.63) is 42.2 Å². The highest BCUT2D eigenvalue weighted by Crippen LogP contribution is 2.31. The summed E-state index contributed by atoms with van der Waals surface area (Å²) in [5.41, 5.74) is 0.922. The number of hydrogen-bond donors (Lipinski definition) is 2. The Balaban J connectivity index is 0.00000150. The van der Waals surface area contributed by atoms with Gasteiger partial charge in [-0.1, -0.05) is 12.1 Å². The highest BCUT2D eigenvalue weighted by Gasteiger charge is 2.32. The maximum Gasteiger partial charge on any atom is 0.287 e. The zero-order chi connectivity index (χ0) is 18.7. The Labute approximate surface area is 186 Å². The highest BCUT2D eigenvalue weighted by atomic mass is 35.5. The summed E-state index contributed by atoms with van der Waals surface area (Å²) in [6.07, 6.45) is 1.96. The normalized spacial score (nSPS) is 15.3. The van der Waals surface area contributed by atoms with E-state index in [0.29, 0.717) is 24.7 Å². The van der Waals surface area contributed by atoms with Gasteiger partial charge in [0.25, 0.3) is 5.91 Å². The number of piperidine rings is 1. The zero-order valence-corrected chi connectivity index (χ0v) is 18.6. The van der Waals surface area contributed by atoms with Gasteiger partial charge in [-0.25, -0.2) is 4.98 Å². The first-order valence-corrected chi connectivity index (χ1v) is 9.94. The smallest absolute Gasteiger partial charge is 0.287 e. The van der Waals surface area contributed by atoms with Gasteiger partial charge in [0.15, 0.2) is 16.5 Å². The molecule has 2 aromatic heterocycles. The van der Waals surface area contributed by atoms with Crippen molar-refractivity contribution in [1.82, 2.24) is 15.6 Å². The molecule has 1 fully saturated rings. The number of hydrogen-bond acceptors (Lipinski definition) is 6. The van der Waals surface area contributed by atoms with Crippen LogP contribution in [0.2, 0.25) is 0 Å². The van der Waals surface area contributed by atoms with Crippen molar-refractivity contribution in [1.29, 1.82) is 0 Å². The number of ether oxygens (including phenoxy) is 1. The third kappa shape index (κ3) is 5.29. The fourth-order valence-corrected chi connectivity index (χ4v) is 4.47. The molecule has 0 bridgehead atoms. The topological polar surface area (TPSA) is 76.4 Å². The fraction of sp³-hybridized carbons (Fsp3) is 0.400. The molecule has 0 unspecified atom stereocenters. The second-order valence-corrected chi connectivity index (χ2v) is 8.05. The number of para-hydroxylation sites is 1. The van der Waals surface area contributed by atoms with E-state index in [4.69, 9.17) is 9.15 Å². The van der Waals surface area contributed by atoms with E-state index in [1.54, 1.807) is 24.5 Å². The van der Waals surface area contributed by atoms with Gasteiger partial charge in [-0.3, -0.25) is 4.79 Å². The van der Waals surface area contributed by atoms with Crippen LogP contribution in [0.5, 0.6) is 0 Å². The van der Waals surface area contributed by atoms with E-state index in [9.17, 15) is 4.79 Å². The third-order valence-electron chi connectivity index (χ3n) is 5.07. The van der Waals surface area contributed by atoms with E-state index in [2.05, 4.69) is 15.6 Å². The number of halogens is 2. The van der Waals surface area contributed by atoms with Crippen molar-refractivity contribution in [2.45, 2.75) is 12.8 Å². The molecule has 1 aliphatic heterocycles. The standard InChI is InChI=1S/C20H23N3O3S.2ClH/c1-25-13-20(8-10-21-11-9-20)12-22-18(24)15-6-7-16(26-15)19-23-14-4-2-3-5-17(14)27-19;;/h2-7,21H,8-13H2,1H3,(H,22,24);2*1H. The Morgan fingerprint density at radius 3 is 2.72 bits per heavy atom. The van der Waals surface area contributed by atoms with Gasteiger partial charge in [0.05, 0.1) is 16.8 Å². The van der Waals surface area contributed by atoms with Crippen molar-refractivity contribution < 1.29 is 13.9 Å². The molecule has 4 rings (SSSR count). The monoisotopic (exact) mass is 457 g/mol. The fourth-order valence-electron chi connectivity index (χ4n) is 3.54. The van der Waals surface area contributed by atoms with Gasteiger partial charge in [-0.2, -0.15) is 0 Å². The number of methoxy groups -OCH3 is 1. The highest BCUT2D eigenvalue weighted by molar-refractivity contribution is 7.21. The lowest BCUT2D eigenvalue weighted by Gasteiger charge is -2.37. The molecule has 0 aliphatic carbocycles. The molecule has 158 valence electrons. The summed E-state index contributed by atoms with van der Waals surface area (Å²) < 4.78 is 12.3. The van der Waals surface area contributed by atoms with Gasteiger partial charge >= 0.3 is 0 Å². The van der Waals surface area contributed by atoms with E-state index in [1.165, 1.54) is 0 Å². The molecule has 0 radical (unpaired) electrons. The van der Waals surface area contributed by atoms with Crippen LogP contribution >= 0.6 is 36.2 Å². The van der Waals surface area contributed by atoms with Gasteiger partial charge < -0.3 is 19.8 Å². The Morgan fingerprint density at radius 1 is 1.24 bits per heavy atom. The van der Waals surface area contributed by atoms with E-state index < -0.39 is 0 Å². The number of furan rings is 1. The molecule has 29 heavy (non-hydrogen) atoms. The van der Waals surface area contributed by atoms with Crippen LogP contribution in [0.25, 0.3) is 21.0 Å². The van der Waals surface area contributed by atoms with E-state index in [0.717, 1.165) is 41.2 Å². The average molecular weight is 458 g/mol. The second-order valence-electron chi connectivity index (χ2n) is 7.02. The van der Waals surface area contributed by atoms with Gasteiger partial charge in [-0.15, -0.1) is 36.2 Å². The summed E-state index contributed by atoms with van der Waals surface area (Å²) in [6.45, 7) is 3.12. The number of rotatable bonds is 6. The average Bonchev–Trinajstić information content (AvgIpc) is 3.34. The number of nitrogens with zero attached hydrogens (tertiary/aromatic N) is 1. The molecule has 1 amide bonds. The van der Waals surface area contributed by atoms with Crippen LogP contribution in [0, 0.1) is 5.41 Å². The summed E-state index contributed by atoms with van der Waals surface area (Å²) in [7, 11) is 1.71. The Hall–Kier alpha value is -1.64. The maximum atomic E-state index is 12.6. The molecule has 0 atom stereocenters.